The molecule has 0 radical (unpaired) electrons. The second-order valence-corrected chi connectivity index (χ2v) is 6.46. The smallest absolute Gasteiger partial charge is 0.335 e. The van der Waals surface area contributed by atoms with E-state index in [0.29, 0.717) is 16.7 Å². The van der Waals surface area contributed by atoms with Crippen molar-refractivity contribution in [3.05, 3.63) is 95.1 Å². The maximum atomic E-state index is 12.3. The van der Waals surface area contributed by atoms with Gasteiger partial charge in [0.1, 0.15) is 5.75 Å². The quantitative estimate of drug-likeness (QED) is 0.580. The van der Waals surface area contributed by atoms with E-state index in [1.54, 1.807) is 54.6 Å². The Hall–Kier alpha value is -4.37. The van der Waals surface area contributed by atoms with E-state index in [1.165, 1.54) is 18.2 Å². The Morgan fingerprint density at radius 3 is 2.43 bits per heavy atom. The minimum atomic E-state index is -0.992. The molecular formula is C24H18N2O4. The van der Waals surface area contributed by atoms with Crippen molar-refractivity contribution in [1.82, 2.24) is 5.32 Å². The number of carboxylic acid groups (broad SMARTS) is 1. The van der Waals surface area contributed by atoms with Crippen LogP contribution in [0.15, 0.2) is 72.8 Å². The van der Waals surface area contributed by atoms with Crippen LogP contribution in [-0.2, 0) is 0 Å². The van der Waals surface area contributed by atoms with E-state index in [0.717, 1.165) is 11.1 Å². The zero-order valence-electron chi connectivity index (χ0n) is 15.9. The Kier molecular flexibility index (Phi) is 6.26. The number of nitrogens with one attached hydrogen (secondary N) is 1. The van der Waals surface area contributed by atoms with Crippen molar-refractivity contribution in [2.75, 3.05) is 6.54 Å². The van der Waals surface area contributed by atoms with Crippen LogP contribution in [0.2, 0.25) is 0 Å². The van der Waals surface area contributed by atoms with Gasteiger partial charge in [-0.3, -0.25) is 4.79 Å². The third-order valence-corrected chi connectivity index (χ3v) is 4.42. The molecule has 3 rings (SSSR count). The number of nitriles is 1. The van der Waals surface area contributed by atoms with Crippen molar-refractivity contribution in [2.45, 2.75) is 0 Å². The summed E-state index contributed by atoms with van der Waals surface area (Å²) in [6, 6.07) is 20.0. The van der Waals surface area contributed by atoms with Gasteiger partial charge in [0.05, 0.1) is 17.2 Å². The van der Waals surface area contributed by atoms with E-state index in [-0.39, 0.29) is 23.8 Å². The van der Waals surface area contributed by atoms with Crippen LogP contribution in [0.1, 0.15) is 31.8 Å². The second-order valence-electron chi connectivity index (χ2n) is 6.46. The SMILES string of the molecule is N#Cc1ccc(O)c(/C=C/CNC(=O)c2ccc(-c3cccc(C(=O)O)c3)cc2)c1. The van der Waals surface area contributed by atoms with Crippen molar-refractivity contribution in [2.24, 2.45) is 0 Å². The number of carboxylic acids is 1. The third kappa shape index (κ3) is 4.91. The summed E-state index contributed by atoms with van der Waals surface area (Å²) in [4.78, 5) is 23.4. The molecule has 0 saturated carbocycles. The molecule has 0 aliphatic heterocycles. The molecule has 0 aliphatic carbocycles. The first-order valence-electron chi connectivity index (χ1n) is 9.09. The number of aromatic carboxylic acids is 1. The topological polar surface area (TPSA) is 110 Å². The van der Waals surface area contributed by atoms with Gasteiger partial charge in [-0.1, -0.05) is 36.4 Å². The number of amides is 1. The number of hydrogen-bond donors (Lipinski definition) is 3. The van der Waals surface area contributed by atoms with E-state index in [1.807, 2.05) is 12.1 Å². The lowest BCUT2D eigenvalue weighted by Crippen LogP contribution is -2.23. The summed E-state index contributed by atoms with van der Waals surface area (Å²) in [5.74, 6) is -1.20. The molecule has 0 fully saturated rings. The molecule has 30 heavy (non-hydrogen) atoms. The number of carbonyl (C=O) groups is 2. The van der Waals surface area contributed by atoms with Gasteiger partial charge in [0.15, 0.2) is 0 Å². The predicted octanol–water partition coefficient (Wildman–Crippen LogP) is 4.07. The highest BCUT2D eigenvalue weighted by Crippen LogP contribution is 2.21. The molecule has 0 aliphatic rings. The number of benzene rings is 3. The maximum absolute atomic E-state index is 12.3. The molecule has 148 valence electrons. The van der Waals surface area contributed by atoms with Gasteiger partial charge in [-0.2, -0.15) is 5.26 Å². The zero-order valence-corrected chi connectivity index (χ0v) is 15.9. The predicted molar refractivity (Wildman–Crippen MR) is 113 cm³/mol. The van der Waals surface area contributed by atoms with Crippen LogP contribution < -0.4 is 5.32 Å². The molecule has 0 bridgehead atoms. The molecule has 0 heterocycles. The Bertz CT molecular complexity index is 1160. The molecule has 3 aromatic rings. The highest BCUT2D eigenvalue weighted by Gasteiger charge is 2.07. The van der Waals surface area contributed by atoms with Crippen molar-refractivity contribution < 1.29 is 19.8 Å². The fraction of sp³-hybridized carbons (Fsp3) is 0.0417. The van der Waals surface area contributed by atoms with Crippen LogP contribution in [0.5, 0.6) is 5.75 Å². The van der Waals surface area contributed by atoms with Gasteiger partial charge in [-0.15, -0.1) is 0 Å². The average Bonchev–Trinajstić information content (AvgIpc) is 2.77. The number of carbonyl (C=O) groups excluding carboxylic acids is 1. The van der Waals surface area contributed by atoms with E-state index < -0.39 is 5.97 Å². The number of nitrogens with zero attached hydrogens (tertiary/aromatic N) is 1. The highest BCUT2D eigenvalue weighted by atomic mass is 16.4. The molecule has 3 N–H and O–H groups in total. The van der Waals surface area contributed by atoms with Crippen LogP contribution in [0, 0.1) is 11.3 Å². The molecule has 0 aromatic heterocycles. The van der Waals surface area contributed by atoms with E-state index in [9.17, 15) is 14.7 Å². The lowest BCUT2D eigenvalue weighted by molar-refractivity contribution is 0.0696. The van der Waals surface area contributed by atoms with Gasteiger partial charge >= 0.3 is 5.97 Å². The summed E-state index contributed by atoms with van der Waals surface area (Å²) in [5.41, 5.74) is 3.16. The van der Waals surface area contributed by atoms with Gasteiger partial charge < -0.3 is 15.5 Å². The molecule has 1 amide bonds. The fourth-order valence-corrected chi connectivity index (χ4v) is 2.84. The first-order valence-corrected chi connectivity index (χ1v) is 9.09. The molecule has 0 spiro atoms. The van der Waals surface area contributed by atoms with Crippen LogP contribution >= 0.6 is 0 Å². The van der Waals surface area contributed by atoms with Crippen molar-refractivity contribution in [3.8, 4) is 22.9 Å². The van der Waals surface area contributed by atoms with Gasteiger partial charge in [0.25, 0.3) is 5.91 Å². The first-order chi connectivity index (χ1) is 14.5. The van der Waals surface area contributed by atoms with Gasteiger partial charge in [-0.25, -0.2) is 4.79 Å². The van der Waals surface area contributed by atoms with Gasteiger partial charge in [0, 0.05) is 17.7 Å². The second kappa shape index (κ2) is 9.22. The minimum absolute atomic E-state index is 0.0548. The monoisotopic (exact) mass is 398 g/mol. The number of rotatable bonds is 6. The number of aromatic hydroxyl groups is 1. The average molecular weight is 398 g/mol. The summed E-state index contributed by atoms with van der Waals surface area (Å²) in [7, 11) is 0. The normalized spacial score (nSPS) is 10.5. The fourth-order valence-electron chi connectivity index (χ4n) is 2.84. The summed E-state index contributed by atoms with van der Waals surface area (Å²) >= 11 is 0. The summed E-state index contributed by atoms with van der Waals surface area (Å²) < 4.78 is 0. The van der Waals surface area contributed by atoms with Crippen LogP contribution in [0.3, 0.4) is 0 Å². The molecule has 0 unspecified atom stereocenters. The van der Waals surface area contributed by atoms with Gasteiger partial charge in [0.2, 0.25) is 0 Å². The van der Waals surface area contributed by atoms with E-state index in [4.69, 9.17) is 10.4 Å². The molecular weight excluding hydrogens is 380 g/mol. The van der Waals surface area contributed by atoms with Crippen LogP contribution in [-0.4, -0.2) is 28.6 Å². The van der Waals surface area contributed by atoms with Crippen LogP contribution in [0.4, 0.5) is 0 Å². The lowest BCUT2D eigenvalue weighted by Gasteiger charge is -2.06. The van der Waals surface area contributed by atoms with E-state index >= 15 is 0 Å². The molecule has 6 heteroatoms. The highest BCUT2D eigenvalue weighted by molar-refractivity contribution is 5.95. The Morgan fingerprint density at radius 1 is 0.967 bits per heavy atom. The van der Waals surface area contributed by atoms with Crippen LogP contribution in [0.25, 0.3) is 17.2 Å². The lowest BCUT2D eigenvalue weighted by atomic mass is 10.0. The van der Waals surface area contributed by atoms with E-state index in [2.05, 4.69) is 5.32 Å². The zero-order chi connectivity index (χ0) is 21.5. The first kappa shape index (κ1) is 20.4. The summed E-state index contributed by atoms with van der Waals surface area (Å²) in [6.45, 7) is 0.247. The molecule has 0 saturated heterocycles. The van der Waals surface area contributed by atoms with Crippen molar-refractivity contribution in [1.29, 1.82) is 5.26 Å². The third-order valence-electron chi connectivity index (χ3n) is 4.42. The largest absolute Gasteiger partial charge is 0.507 e. The Morgan fingerprint density at radius 2 is 1.73 bits per heavy atom. The standard InChI is InChI=1S/C24H18N2O4/c25-15-16-6-11-22(27)20(13-16)5-2-12-26-23(28)18-9-7-17(8-10-18)19-3-1-4-21(14-19)24(29)30/h1-11,13-14,27H,12H2,(H,26,28)(H,29,30)/b5-2+. The number of hydrogen-bond acceptors (Lipinski definition) is 4. The van der Waals surface area contributed by atoms with Crippen molar-refractivity contribution >= 4 is 18.0 Å². The summed E-state index contributed by atoms with van der Waals surface area (Å²) in [5, 5.41) is 30.6. The number of phenolic OH excluding ortho intramolecular Hbond substituents is 1. The maximum Gasteiger partial charge on any atom is 0.335 e. The van der Waals surface area contributed by atoms with Gasteiger partial charge in [-0.05, 0) is 53.6 Å². The Balaban J connectivity index is 1.62. The minimum Gasteiger partial charge on any atom is -0.507 e. The Labute approximate surface area is 173 Å². The van der Waals surface area contributed by atoms with Crippen molar-refractivity contribution in [3.63, 3.8) is 0 Å². The molecule has 6 nitrogen and oxygen atoms in total. The summed E-state index contributed by atoms with van der Waals surface area (Å²) in [6.07, 6.45) is 3.31. The number of phenols is 1. The molecule has 3 aromatic carbocycles. The molecule has 0 atom stereocenters.